The molecule has 0 saturated carbocycles. The van der Waals surface area contributed by atoms with E-state index in [0.717, 1.165) is 25.9 Å². The van der Waals surface area contributed by atoms with E-state index in [4.69, 9.17) is 9.47 Å². The van der Waals surface area contributed by atoms with Crippen molar-refractivity contribution in [2.45, 2.75) is 44.8 Å². The number of piperidine rings is 1. The average Bonchev–Trinajstić information content (AvgIpc) is 2.17. The summed E-state index contributed by atoms with van der Waals surface area (Å²) in [6.45, 7) is 9.71. The Bertz CT molecular complexity index is 190. The zero-order chi connectivity index (χ0) is 11.5. The number of methoxy groups -OCH3 is 2. The van der Waals surface area contributed by atoms with Gasteiger partial charge in [0.15, 0.2) is 0 Å². The van der Waals surface area contributed by atoms with Crippen molar-refractivity contribution >= 4 is 0 Å². The second-order valence-corrected chi connectivity index (χ2v) is 5.48. The van der Waals surface area contributed by atoms with Crippen molar-refractivity contribution in [3.05, 3.63) is 0 Å². The van der Waals surface area contributed by atoms with Crippen LogP contribution in [0.15, 0.2) is 0 Å². The van der Waals surface area contributed by atoms with Crippen LogP contribution in [0.25, 0.3) is 0 Å². The van der Waals surface area contributed by atoms with Crippen LogP contribution in [0.5, 0.6) is 0 Å². The molecule has 0 aromatic heterocycles. The lowest BCUT2D eigenvalue weighted by Crippen LogP contribution is -2.53. The largest absolute Gasteiger partial charge is 0.382 e. The molecule has 3 heteroatoms. The van der Waals surface area contributed by atoms with Gasteiger partial charge in [0, 0.05) is 32.8 Å². The van der Waals surface area contributed by atoms with Crippen LogP contribution in [-0.4, -0.2) is 50.0 Å². The first kappa shape index (κ1) is 12.9. The molecule has 1 saturated heterocycles. The zero-order valence-corrected chi connectivity index (χ0v) is 10.8. The van der Waals surface area contributed by atoms with Crippen molar-refractivity contribution in [3.8, 4) is 0 Å². The lowest BCUT2D eigenvalue weighted by atomic mass is 9.89. The van der Waals surface area contributed by atoms with Crippen molar-refractivity contribution in [1.29, 1.82) is 0 Å². The van der Waals surface area contributed by atoms with Gasteiger partial charge in [-0.25, -0.2) is 0 Å². The van der Waals surface area contributed by atoms with Gasteiger partial charge in [-0.05, 0) is 33.6 Å². The SMILES string of the molecule is COCC1(OC)CCN(C(C)(C)C)CC1. The Morgan fingerprint density at radius 1 is 1.13 bits per heavy atom. The fourth-order valence-corrected chi connectivity index (χ4v) is 2.26. The minimum absolute atomic E-state index is 0.0451. The molecule has 0 aromatic rings. The van der Waals surface area contributed by atoms with E-state index >= 15 is 0 Å². The molecule has 1 rings (SSSR count). The van der Waals surface area contributed by atoms with E-state index in [-0.39, 0.29) is 11.1 Å². The number of hydrogen-bond acceptors (Lipinski definition) is 3. The van der Waals surface area contributed by atoms with Gasteiger partial charge in [0.05, 0.1) is 12.2 Å². The highest BCUT2D eigenvalue weighted by Gasteiger charge is 2.37. The normalized spacial score (nSPS) is 23.0. The van der Waals surface area contributed by atoms with Crippen LogP contribution in [0.3, 0.4) is 0 Å². The van der Waals surface area contributed by atoms with Crippen molar-refractivity contribution in [2.75, 3.05) is 33.9 Å². The van der Waals surface area contributed by atoms with Crippen LogP contribution in [0, 0.1) is 0 Å². The summed E-state index contributed by atoms with van der Waals surface area (Å²) in [5.41, 5.74) is 0.226. The lowest BCUT2D eigenvalue weighted by molar-refractivity contribution is -0.107. The predicted molar refractivity (Wildman–Crippen MR) is 62.2 cm³/mol. The summed E-state index contributed by atoms with van der Waals surface area (Å²) >= 11 is 0. The molecule has 1 fully saturated rings. The Labute approximate surface area is 93.7 Å². The third-order valence-electron chi connectivity index (χ3n) is 3.46. The molecule has 0 radical (unpaired) electrons. The molecule has 0 atom stereocenters. The Kier molecular flexibility index (Phi) is 4.15. The van der Waals surface area contributed by atoms with Gasteiger partial charge in [-0.2, -0.15) is 0 Å². The second kappa shape index (κ2) is 4.81. The van der Waals surface area contributed by atoms with E-state index in [9.17, 15) is 0 Å². The molecule has 3 nitrogen and oxygen atoms in total. The highest BCUT2D eigenvalue weighted by atomic mass is 16.5. The standard InChI is InChI=1S/C12H25NO2/c1-11(2,3)13-8-6-12(15-5,7-9-13)10-14-4/h6-10H2,1-5H3. The van der Waals surface area contributed by atoms with Crippen molar-refractivity contribution in [1.82, 2.24) is 4.90 Å². The molecule has 0 amide bonds. The number of nitrogens with zero attached hydrogens (tertiary/aromatic N) is 1. The molecule has 0 N–H and O–H groups in total. The van der Waals surface area contributed by atoms with Gasteiger partial charge in [-0.1, -0.05) is 0 Å². The molecule has 0 spiro atoms. The van der Waals surface area contributed by atoms with Gasteiger partial charge in [-0.3, -0.25) is 4.90 Å². The quantitative estimate of drug-likeness (QED) is 0.718. The minimum Gasteiger partial charge on any atom is -0.382 e. The molecular formula is C12H25NO2. The van der Waals surface area contributed by atoms with Gasteiger partial charge in [0.25, 0.3) is 0 Å². The molecule has 0 aromatic carbocycles. The molecular weight excluding hydrogens is 190 g/mol. The highest BCUT2D eigenvalue weighted by Crippen LogP contribution is 2.29. The monoisotopic (exact) mass is 215 g/mol. The van der Waals surface area contributed by atoms with E-state index in [0.29, 0.717) is 6.61 Å². The predicted octanol–water partition coefficient (Wildman–Crippen LogP) is 1.91. The molecule has 1 heterocycles. The van der Waals surface area contributed by atoms with Gasteiger partial charge < -0.3 is 9.47 Å². The van der Waals surface area contributed by atoms with Gasteiger partial charge >= 0.3 is 0 Å². The first-order valence-electron chi connectivity index (χ1n) is 5.73. The minimum atomic E-state index is -0.0451. The maximum absolute atomic E-state index is 5.63. The molecule has 15 heavy (non-hydrogen) atoms. The van der Waals surface area contributed by atoms with E-state index in [1.807, 2.05) is 0 Å². The van der Waals surface area contributed by atoms with Crippen LogP contribution < -0.4 is 0 Å². The second-order valence-electron chi connectivity index (χ2n) is 5.48. The van der Waals surface area contributed by atoms with E-state index in [1.165, 1.54) is 0 Å². The Morgan fingerprint density at radius 3 is 2.00 bits per heavy atom. The lowest BCUT2D eigenvalue weighted by Gasteiger charge is -2.45. The highest BCUT2D eigenvalue weighted by molar-refractivity contribution is 4.91. The summed E-state index contributed by atoms with van der Waals surface area (Å²) in [5.74, 6) is 0. The summed E-state index contributed by atoms with van der Waals surface area (Å²) in [6, 6.07) is 0. The van der Waals surface area contributed by atoms with Gasteiger partial charge in [0.2, 0.25) is 0 Å². The maximum atomic E-state index is 5.63. The van der Waals surface area contributed by atoms with E-state index in [2.05, 4.69) is 25.7 Å². The molecule has 0 unspecified atom stereocenters. The molecule has 1 aliphatic heterocycles. The fraction of sp³-hybridized carbons (Fsp3) is 1.00. The summed E-state index contributed by atoms with van der Waals surface area (Å²) in [5, 5.41) is 0. The Hall–Kier alpha value is -0.120. The first-order chi connectivity index (χ1) is 6.93. The third kappa shape index (κ3) is 3.16. The van der Waals surface area contributed by atoms with Crippen LogP contribution in [-0.2, 0) is 9.47 Å². The topological polar surface area (TPSA) is 21.7 Å². The Balaban J connectivity index is 2.53. The van der Waals surface area contributed by atoms with E-state index < -0.39 is 0 Å². The molecule has 0 aliphatic carbocycles. The van der Waals surface area contributed by atoms with Crippen molar-refractivity contribution in [3.63, 3.8) is 0 Å². The Morgan fingerprint density at radius 2 is 1.67 bits per heavy atom. The number of likely N-dealkylation sites (tertiary alicyclic amines) is 1. The van der Waals surface area contributed by atoms with Crippen molar-refractivity contribution < 1.29 is 9.47 Å². The van der Waals surface area contributed by atoms with Gasteiger partial charge in [-0.15, -0.1) is 0 Å². The number of hydrogen-bond donors (Lipinski definition) is 0. The first-order valence-corrected chi connectivity index (χ1v) is 5.73. The zero-order valence-electron chi connectivity index (χ0n) is 10.8. The number of rotatable bonds is 3. The molecule has 1 aliphatic rings. The van der Waals surface area contributed by atoms with E-state index in [1.54, 1.807) is 14.2 Å². The smallest absolute Gasteiger partial charge is 0.0935 e. The van der Waals surface area contributed by atoms with Crippen LogP contribution >= 0.6 is 0 Å². The van der Waals surface area contributed by atoms with Crippen LogP contribution in [0.1, 0.15) is 33.6 Å². The van der Waals surface area contributed by atoms with Crippen LogP contribution in [0.2, 0.25) is 0 Å². The van der Waals surface area contributed by atoms with Crippen LogP contribution in [0.4, 0.5) is 0 Å². The van der Waals surface area contributed by atoms with Gasteiger partial charge in [0.1, 0.15) is 0 Å². The summed E-state index contributed by atoms with van der Waals surface area (Å²) < 4.78 is 10.9. The summed E-state index contributed by atoms with van der Waals surface area (Å²) in [7, 11) is 3.54. The average molecular weight is 215 g/mol. The third-order valence-corrected chi connectivity index (χ3v) is 3.46. The van der Waals surface area contributed by atoms with Crippen molar-refractivity contribution in [2.24, 2.45) is 0 Å². The summed E-state index contributed by atoms with van der Waals surface area (Å²) in [6.07, 6.45) is 2.13. The molecule has 90 valence electrons. The maximum Gasteiger partial charge on any atom is 0.0935 e. The molecule has 0 bridgehead atoms. The fourth-order valence-electron chi connectivity index (χ4n) is 2.26. The summed E-state index contributed by atoms with van der Waals surface area (Å²) in [4.78, 5) is 2.51. The number of ether oxygens (including phenoxy) is 2.